The topological polar surface area (TPSA) is 55.1 Å². The molecule has 0 aliphatic heterocycles. The van der Waals surface area contributed by atoms with Crippen LogP contribution in [0.4, 0.5) is 0 Å². The van der Waals surface area contributed by atoms with Crippen LogP contribution in [0.1, 0.15) is 23.6 Å². The minimum absolute atomic E-state index is 0.0652. The Morgan fingerprint density at radius 2 is 1.68 bits per heavy atom. The van der Waals surface area contributed by atoms with E-state index in [0.717, 1.165) is 12.0 Å². The van der Waals surface area contributed by atoms with E-state index in [1.165, 1.54) is 11.1 Å². The van der Waals surface area contributed by atoms with Crippen LogP contribution in [0.25, 0.3) is 0 Å². The molecular formula is C19H24N2O. The molecule has 0 aliphatic rings. The first kappa shape index (κ1) is 16.2. The molecule has 2 aromatic rings. The van der Waals surface area contributed by atoms with E-state index in [0.29, 0.717) is 6.42 Å². The summed E-state index contributed by atoms with van der Waals surface area (Å²) in [4.78, 5) is 12.2. The van der Waals surface area contributed by atoms with Gasteiger partial charge in [0.15, 0.2) is 0 Å². The summed E-state index contributed by atoms with van der Waals surface area (Å²) >= 11 is 0. The predicted octanol–water partition coefficient (Wildman–Crippen LogP) is 2.61. The van der Waals surface area contributed by atoms with Gasteiger partial charge in [-0.15, -0.1) is 0 Å². The summed E-state index contributed by atoms with van der Waals surface area (Å²) < 4.78 is 0. The first-order valence-corrected chi connectivity index (χ1v) is 7.70. The average Bonchev–Trinajstić information content (AvgIpc) is 2.50. The summed E-state index contributed by atoms with van der Waals surface area (Å²) in [5.74, 6) is -0.0927. The second-order valence-corrected chi connectivity index (χ2v) is 5.84. The van der Waals surface area contributed by atoms with E-state index in [4.69, 9.17) is 5.73 Å². The molecule has 22 heavy (non-hydrogen) atoms. The molecule has 3 heteroatoms. The van der Waals surface area contributed by atoms with Crippen LogP contribution in [0.5, 0.6) is 0 Å². The van der Waals surface area contributed by atoms with Crippen molar-refractivity contribution in [2.45, 2.75) is 38.8 Å². The number of hydrogen-bond donors (Lipinski definition) is 2. The highest BCUT2D eigenvalue weighted by Gasteiger charge is 2.16. The summed E-state index contributed by atoms with van der Waals surface area (Å²) in [7, 11) is 0. The lowest BCUT2D eigenvalue weighted by atomic mass is 10.0. The quantitative estimate of drug-likeness (QED) is 0.861. The van der Waals surface area contributed by atoms with Crippen LogP contribution in [0.15, 0.2) is 54.6 Å². The van der Waals surface area contributed by atoms with Gasteiger partial charge in [0, 0.05) is 6.04 Å². The van der Waals surface area contributed by atoms with Crippen LogP contribution in [0.2, 0.25) is 0 Å². The fourth-order valence-electron chi connectivity index (χ4n) is 2.53. The SMILES string of the molecule is Cc1ccccc1CC(C)NC(=O)C(N)Cc1ccccc1. The van der Waals surface area contributed by atoms with Crippen molar-refractivity contribution in [3.05, 3.63) is 71.3 Å². The Hall–Kier alpha value is -2.13. The highest BCUT2D eigenvalue weighted by molar-refractivity contribution is 5.82. The van der Waals surface area contributed by atoms with Gasteiger partial charge in [0.1, 0.15) is 0 Å². The summed E-state index contributed by atoms with van der Waals surface area (Å²) in [6, 6.07) is 17.6. The highest BCUT2D eigenvalue weighted by atomic mass is 16.2. The highest BCUT2D eigenvalue weighted by Crippen LogP contribution is 2.10. The number of benzene rings is 2. The third-order valence-electron chi connectivity index (χ3n) is 3.81. The zero-order valence-corrected chi connectivity index (χ0v) is 13.3. The maximum atomic E-state index is 12.2. The van der Waals surface area contributed by atoms with Gasteiger partial charge < -0.3 is 11.1 Å². The number of carbonyl (C=O) groups is 1. The van der Waals surface area contributed by atoms with E-state index >= 15 is 0 Å². The summed E-state index contributed by atoms with van der Waals surface area (Å²) in [6.45, 7) is 4.10. The van der Waals surface area contributed by atoms with Crippen LogP contribution in [0.3, 0.4) is 0 Å². The van der Waals surface area contributed by atoms with Crippen molar-refractivity contribution in [2.75, 3.05) is 0 Å². The number of amides is 1. The normalized spacial score (nSPS) is 13.4. The van der Waals surface area contributed by atoms with E-state index in [-0.39, 0.29) is 11.9 Å². The molecule has 3 nitrogen and oxygen atoms in total. The number of rotatable bonds is 6. The van der Waals surface area contributed by atoms with E-state index < -0.39 is 6.04 Å². The van der Waals surface area contributed by atoms with Crippen LogP contribution < -0.4 is 11.1 Å². The van der Waals surface area contributed by atoms with Crippen LogP contribution >= 0.6 is 0 Å². The first-order chi connectivity index (χ1) is 10.6. The second-order valence-electron chi connectivity index (χ2n) is 5.84. The molecule has 0 saturated heterocycles. The van der Waals surface area contributed by atoms with Crippen molar-refractivity contribution in [2.24, 2.45) is 5.73 Å². The molecule has 0 aromatic heterocycles. The molecule has 0 bridgehead atoms. The third kappa shape index (κ3) is 4.71. The molecule has 0 radical (unpaired) electrons. The predicted molar refractivity (Wildman–Crippen MR) is 90.6 cm³/mol. The maximum absolute atomic E-state index is 12.2. The van der Waals surface area contributed by atoms with Gasteiger partial charge in [-0.25, -0.2) is 0 Å². The molecule has 0 heterocycles. The van der Waals surface area contributed by atoms with E-state index in [2.05, 4.69) is 24.4 Å². The molecule has 0 saturated carbocycles. The molecule has 2 atom stereocenters. The fourth-order valence-corrected chi connectivity index (χ4v) is 2.53. The Bertz CT molecular complexity index is 610. The zero-order valence-electron chi connectivity index (χ0n) is 13.3. The standard InChI is InChI=1S/C19H24N2O/c1-14-8-6-7-11-17(14)12-15(2)21-19(22)18(20)13-16-9-4-3-5-10-16/h3-11,15,18H,12-13,20H2,1-2H3,(H,21,22). The summed E-state index contributed by atoms with van der Waals surface area (Å²) in [5, 5.41) is 3.01. The van der Waals surface area contributed by atoms with Crippen molar-refractivity contribution in [3.63, 3.8) is 0 Å². The van der Waals surface area contributed by atoms with Crippen molar-refractivity contribution in [1.82, 2.24) is 5.32 Å². The molecule has 116 valence electrons. The van der Waals surface area contributed by atoms with Crippen LogP contribution in [0, 0.1) is 6.92 Å². The second kappa shape index (κ2) is 7.76. The van der Waals surface area contributed by atoms with Crippen molar-refractivity contribution in [1.29, 1.82) is 0 Å². The number of carbonyl (C=O) groups excluding carboxylic acids is 1. The zero-order chi connectivity index (χ0) is 15.9. The van der Waals surface area contributed by atoms with E-state index in [1.54, 1.807) is 0 Å². The summed E-state index contributed by atoms with van der Waals surface area (Å²) in [6.07, 6.45) is 1.38. The van der Waals surface area contributed by atoms with Crippen molar-refractivity contribution < 1.29 is 4.79 Å². The lowest BCUT2D eigenvalue weighted by Gasteiger charge is -2.18. The van der Waals surface area contributed by atoms with Gasteiger partial charge in [-0.05, 0) is 43.4 Å². The van der Waals surface area contributed by atoms with Crippen molar-refractivity contribution in [3.8, 4) is 0 Å². The first-order valence-electron chi connectivity index (χ1n) is 7.70. The molecule has 1 amide bonds. The van der Waals surface area contributed by atoms with Gasteiger partial charge in [-0.3, -0.25) is 4.79 Å². The molecule has 0 fully saturated rings. The van der Waals surface area contributed by atoms with Gasteiger partial charge in [0.25, 0.3) is 0 Å². The van der Waals surface area contributed by atoms with Gasteiger partial charge >= 0.3 is 0 Å². The monoisotopic (exact) mass is 296 g/mol. The maximum Gasteiger partial charge on any atom is 0.237 e. The lowest BCUT2D eigenvalue weighted by molar-refractivity contribution is -0.122. The molecule has 2 rings (SSSR count). The smallest absolute Gasteiger partial charge is 0.237 e. The van der Waals surface area contributed by atoms with Crippen molar-refractivity contribution >= 4 is 5.91 Å². The number of nitrogens with one attached hydrogen (secondary N) is 1. The van der Waals surface area contributed by atoms with Gasteiger partial charge in [-0.2, -0.15) is 0 Å². The Balaban J connectivity index is 1.87. The minimum Gasteiger partial charge on any atom is -0.352 e. The molecule has 0 spiro atoms. The molecular weight excluding hydrogens is 272 g/mol. The van der Waals surface area contributed by atoms with Crippen LogP contribution in [-0.2, 0) is 17.6 Å². The van der Waals surface area contributed by atoms with Gasteiger partial charge in [0.2, 0.25) is 5.91 Å². The Morgan fingerprint density at radius 3 is 2.36 bits per heavy atom. The Labute approximate surface area is 132 Å². The fraction of sp³-hybridized carbons (Fsp3) is 0.316. The minimum atomic E-state index is -0.512. The summed E-state index contributed by atoms with van der Waals surface area (Å²) in [5.41, 5.74) is 9.59. The number of nitrogens with two attached hydrogens (primary N) is 1. The largest absolute Gasteiger partial charge is 0.352 e. The van der Waals surface area contributed by atoms with E-state index in [1.807, 2.05) is 49.4 Å². The third-order valence-corrected chi connectivity index (χ3v) is 3.81. The number of hydrogen-bond acceptors (Lipinski definition) is 2. The number of aryl methyl sites for hydroxylation is 1. The Morgan fingerprint density at radius 1 is 1.05 bits per heavy atom. The van der Waals surface area contributed by atoms with Crippen LogP contribution in [-0.4, -0.2) is 18.0 Å². The molecule has 0 aliphatic carbocycles. The Kier molecular flexibility index (Phi) is 5.73. The van der Waals surface area contributed by atoms with Gasteiger partial charge in [-0.1, -0.05) is 54.6 Å². The molecule has 2 unspecified atom stereocenters. The lowest BCUT2D eigenvalue weighted by Crippen LogP contribution is -2.46. The van der Waals surface area contributed by atoms with E-state index in [9.17, 15) is 4.79 Å². The molecule has 3 N–H and O–H groups in total. The molecule has 2 aromatic carbocycles. The average molecular weight is 296 g/mol. The van der Waals surface area contributed by atoms with Gasteiger partial charge in [0.05, 0.1) is 6.04 Å².